The van der Waals surface area contributed by atoms with E-state index < -0.39 is 5.91 Å². The van der Waals surface area contributed by atoms with Gasteiger partial charge in [0, 0.05) is 44.3 Å². The first-order valence-electron chi connectivity index (χ1n) is 11.2. The van der Waals surface area contributed by atoms with E-state index in [-0.39, 0.29) is 5.60 Å². The van der Waals surface area contributed by atoms with Crippen molar-refractivity contribution >= 4 is 5.91 Å². The molecule has 5 atom stereocenters. The molecule has 3 aliphatic rings. The van der Waals surface area contributed by atoms with Crippen molar-refractivity contribution in [1.29, 1.82) is 0 Å². The number of hydrogen-bond acceptors (Lipinski definition) is 4. The van der Waals surface area contributed by atoms with Gasteiger partial charge in [0.1, 0.15) is 11.3 Å². The van der Waals surface area contributed by atoms with Crippen LogP contribution in [0, 0.1) is 11.8 Å². The minimum atomic E-state index is -0.481. The van der Waals surface area contributed by atoms with E-state index in [9.17, 15) is 4.79 Å². The number of piperidine rings is 1. The van der Waals surface area contributed by atoms with Gasteiger partial charge in [-0.3, -0.25) is 14.7 Å². The standard InChI is InChI=1S/C25H31N3O2/c1-30-25(18-12-13-27-22(14-18)24(26)29)19-8-5-9-20(25)16-28(15-19)23-11-10-21(23)17-6-3-2-4-7-17/h2-4,6-7,12-14,19-21,23H,5,8-11,15-16H2,1H3,(H2,26,29)/t19-,20+,21-,23-,25+/m0/s1. The van der Waals surface area contributed by atoms with E-state index in [4.69, 9.17) is 10.5 Å². The lowest BCUT2D eigenvalue weighted by Crippen LogP contribution is -2.62. The summed E-state index contributed by atoms with van der Waals surface area (Å²) in [4.78, 5) is 18.6. The number of fused-ring (bicyclic) bond motifs is 2. The Kier molecular flexibility index (Phi) is 5.11. The molecule has 3 fully saturated rings. The Morgan fingerprint density at radius 2 is 1.83 bits per heavy atom. The third-order valence-electron chi connectivity index (χ3n) is 7.96. The molecular formula is C25H31N3O2. The van der Waals surface area contributed by atoms with Gasteiger partial charge in [0.25, 0.3) is 5.91 Å². The maximum atomic E-state index is 11.7. The molecular weight excluding hydrogens is 374 g/mol. The molecule has 5 heteroatoms. The number of nitrogens with two attached hydrogens (primary N) is 1. The molecule has 0 spiro atoms. The van der Waals surface area contributed by atoms with E-state index in [2.05, 4.69) is 40.2 Å². The van der Waals surface area contributed by atoms with E-state index in [0.29, 0.717) is 29.5 Å². The number of aromatic nitrogens is 1. The van der Waals surface area contributed by atoms with Gasteiger partial charge >= 0.3 is 0 Å². The number of likely N-dealkylation sites (tertiary alicyclic amines) is 1. The number of amides is 1. The lowest BCUT2D eigenvalue weighted by atomic mass is 9.61. The monoisotopic (exact) mass is 405 g/mol. The third kappa shape index (κ3) is 3.07. The van der Waals surface area contributed by atoms with Crippen LogP contribution in [0.2, 0.25) is 0 Å². The minimum absolute atomic E-state index is 0.326. The summed E-state index contributed by atoms with van der Waals surface area (Å²) >= 11 is 0. The van der Waals surface area contributed by atoms with E-state index in [1.807, 2.05) is 19.2 Å². The van der Waals surface area contributed by atoms with Crippen LogP contribution in [0.1, 0.15) is 59.6 Å². The van der Waals surface area contributed by atoms with E-state index in [1.54, 1.807) is 6.20 Å². The number of nitrogens with zero attached hydrogens (tertiary/aromatic N) is 2. The van der Waals surface area contributed by atoms with Crippen molar-refractivity contribution in [3.63, 3.8) is 0 Å². The Morgan fingerprint density at radius 3 is 2.43 bits per heavy atom. The summed E-state index contributed by atoms with van der Waals surface area (Å²) in [7, 11) is 1.83. The molecule has 1 aromatic heterocycles. The summed E-state index contributed by atoms with van der Waals surface area (Å²) in [5.74, 6) is 0.987. The number of hydrogen-bond donors (Lipinski definition) is 1. The zero-order chi connectivity index (χ0) is 20.7. The van der Waals surface area contributed by atoms with Gasteiger partial charge in [0.05, 0.1) is 0 Å². The van der Waals surface area contributed by atoms with Gasteiger partial charge in [-0.1, -0.05) is 36.8 Å². The number of primary amides is 1. The summed E-state index contributed by atoms with van der Waals surface area (Å²) in [6.45, 7) is 2.10. The highest BCUT2D eigenvalue weighted by Crippen LogP contribution is 2.53. The molecule has 1 amide bonds. The van der Waals surface area contributed by atoms with Gasteiger partial charge in [-0.25, -0.2) is 0 Å². The van der Waals surface area contributed by atoms with Gasteiger partial charge in [0.2, 0.25) is 0 Å². The zero-order valence-electron chi connectivity index (χ0n) is 17.7. The fourth-order valence-electron chi connectivity index (χ4n) is 6.48. The van der Waals surface area contributed by atoms with E-state index in [1.165, 1.54) is 24.8 Å². The Balaban J connectivity index is 1.44. The van der Waals surface area contributed by atoms with Crippen molar-refractivity contribution in [2.45, 2.75) is 49.7 Å². The molecule has 5 rings (SSSR count). The summed E-state index contributed by atoms with van der Waals surface area (Å²) in [6, 6.07) is 15.5. The van der Waals surface area contributed by atoms with Crippen LogP contribution in [0.4, 0.5) is 0 Å². The van der Waals surface area contributed by atoms with Gasteiger partial charge in [0.15, 0.2) is 0 Å². The van der Waals surface area contributed by atoms with Crippen LogP contribution in [0.25, 0.3) is 0 Å². The number of methoxy groups -OCH3 is 1. The van der Waals surface area contributed by atoms with E-state index in [0.717, 1.165) is 31.5 Å². The molecule has 158 valence electrons. The second kappa shape index (κ2) is 7.78. The largest absolute Gasteiger partial charge is 0.373 e. The lowest BCUT2D eigenvalue weighted by molar-refractivity contribution is -0.179. The Bertz CT molecular complexity index is 902. The molecule has 1 aliphatic heterocycles. The van der Waals surface area contributed by atoms with Crippen LogP contribution in [-0.4, -0.2) is 42.0 Å². The number of rotatable bonds is 5. The van der Waals surface area contributed by atoms with Crippen molar-refractivity contribution in [2.24, 2.45) is 17.6 Å². The number of carbonyl (C=O) groups is 1. The van der Waals surface area contributed by atoms with Crippen molar-refractivity contribution < 1.29 is 9.53 Å². The first kappa shape index (κ1) is 19.7. The average molecular weight is 406 g/mol. The molecule has 2 heterocycles. The first-order valence-corrected chi connectivity index (χ1v) is 11.2. The summed E-state index contributed by atoms with van der Waals surface area (Å²) < 4.78 is 6.35. The highest BCUT2D eigenvalue weighted by atomic mass is 16.5. The highest BCUT2D eigenvalue weighted by molar-refractivity contribution is 5.90. The molecule has 2 aromatic rings. The Morgan fingerprint density at radius 1 is 1.10 bits per heavy atom. The fraction of sp³-hybridized carbons (Fsp3) is 0.520. The molecule has 1 aromatic carbocycles. The summed E-state index contributed by atoms with van der Waals surface area (Å²) in [5.41, 5.74) is 8.03. The lowest BCUT2D eigenvalue weighted by Gasteiger charge is -2.58. The van der Waals surface area contributed by atoms with Gasteiger partial charge < -0.3 is 10.5 Å². The minimum Gasteiger partial charge on any atom is -0.373 e. The number of benzene rings is 1. The zero-order valence-corrected chi connectivity index (χ0v) is 17.7. The summed E-state index contributed by atoms with van der Waals surface area (Å²) in [6.07, 6.45) is 7.81. The smallest absolute Gasteiger partial charge is 0.267 e. The number of ether oxygens (including phenoxy) is 1. The molecule has 0 unspecified atom stereocenters. The average Bonchev–Trinajstić information content (AvgIpc) is 2.73. The molecule has 2 bridgehead atoms. The van der Waals surface area contributed by atoms with Crippen molar-refractivity contribution in [2.75, 3.05) is 20.2 Å². The van der Waals surface area contributed by atoms with Crippen LogP contribution >= 0.6 is 0 Å². The molecule has 2 N–H and O–H groups in total. The Hall–Kier alpha value is -2.24. The molecule has 5 nitrogen and oxygen atoms in total. The normalized spacial score (nSPS) is 33.6. The first-order chi connectivity index (χ1) is 14.6. The Labute approximate surface area is 178 Å². The van der Waals surface area contributed by atoms with Crippen molar-refractivity contribution in [3.05, 3.63) is 65.5 Å². The van der Waals surface area contributed by atoms with Crippen LogP contribution < -0.4 is 5.73 Å². The second-order valence-corrected chi connectivity index (χ2v) is 9.23. The maximum Gasteiger partial charge on any atom is 0.267 e. The third-order valence-corrected chi connectivity index (χ3v) is 7.96. The molecule has 0 radical (unpaired) electrons. The maximum absolute atomic E-state index is 11.7. The summed E-state index contributed by atoms with van der Waals surface area (Å²) in [5, 5.41) is 0. The predicted octanol–water partition coefficient (Wildman–Crippen LogP) is 3.70. The fourth-order valence-corrected chi connectivity index (χ4v) is 6.48. The molecule has 1 saturated heterocycles. The SMILES string of the molecule is CO[C@@]1(c2ccnc(C(N)=O)c2)[C@@H]2CCC[C@H]1CN([C@H]1CC[C@H]1c1ccccc1)C2. The van der Waals surface area contributed by atoms with Crippen molar-refractivity contribution in [3.8, 4) is 0 Å². The molecule has 2 aliphatic carbocycles. The van der Waals surface area contributed by atoms with Gasteiger partial charge in [-0.15, -0.1) is 0 Å². The van der Waals surface area contributed by atoms with Crippen molar-refractivity contribution in [1.82, 2.24) is 9.88 Å². The van der Waals surface area contributed by atoms with Crippen LogP contribution in [-0.2, 0) is 10.3 Å². The highest BCUT2D eigenvalue weighted by Gasteiger charge is 2.55. The second-order valence-electron chi connectivity index (χ2n) is 9.23. The van der Waals surface area contributed by atoms with Gasteiger partial charge in [-0.05, 0) is 54.9 Å². The molecule has 30 heavy (non-hydrogen) atoms. The predicted molar refractivity (Wildman–Crippen MR) is 116 cm³/mol. The quantitative estimate of drug-likeness (QED) is 0.824. The topological polar surface area (TPSA) is 68.5 Å². The van der Waals surface area contributed by atoms with Crippen LogP contribution in [0.15, 0.2) is 48.7 Å². The van der Waals surface area contributed by atoms with E-state index >= 15 is 0 Å². The molecule has 2 saturated carbocycles. The van der Waals surface area contributed by atoms with Crippen LogP contribution in [0.3, 0.4) is 0 Å². The number of pyridine rings is 1. The van der Waals surface area contributed by atoms with Gasteiger partial charge in [-0.2, -0.15) is 0 Å². The van der Waals surface area contributed by atoms with Crippen LogP contribution in [0.5, 0.6) is 0 Å². The number of carbonyl (C=O) groups excluding carboxylic acids is 1.